The zero-order chi connectivity index (χ0) is 12.3. The summed E-state index contributed by atoms with van der Waals surface area (Å²) in [4.78, 5) is 16.5. The third-order valence-electron chi connectivity index (χ3n) is 3.05. The molecule has 5 heteroatoms. The molecule has 0 radical (unpaired) electrons. The van der Waals surface area contributed by atoms with Gasteiger partial charge in [-0.3, -0.25) is 4.79 Å². The summed E-state index contributed by atoms with van der Waals surface area (Å²) in [6.45, 7) is 2.56. The maximum absolute atomic E-state index is 12.0. The molecule has 1 heterocycles. The Labute approximate surface area is 99.7 Å². The number of amides is 1. The van der Waals surface area contributed by atoms with Crippen LogP contribution in [0.5, 0.6) is 0 Å². The molecule has 1 aliphatic heterocycles. The van der Waals surface area contributed by atoms with Crippen LogP contribution >= 0.6 is 0 Å². The number of hydrogen-bond donors (Lipinski definition) is 0. The van der Waals surface area contributed by atoms with Crippen molar-refractivity contribution in [2.75, 3.05) is 0 Å². The molecular formula is C12H14N4O. The van der Waals surface area contributed by atoms with Gasteiger partial charge in [0.15, 0.2) is 0 Å². The van der Waals surface area contributed by atoms with Gasteiger partial charge in [-0.1, -0.05) is 35.4 Å². The van der Waals surface area contributed by atoms with Crippen LogP contribution in [0.15, 0.2) is 35.4 Å². The first-order valence-corrected chi connectivity index (χ1v) is 5.61. The highest BCUT2D eigenvalue weighted by atomic mass is 16.2. The van der Waals surface area contributed by atoms with Crippen LogP contribution in [0.2, 0.25) is 0 Å². The molecule has 0 aromatic heterocycles. The highest BCUT2D eigenvalue weighted by molar-refractivity contribution is 5.84. The normalized spacial score (nSPS) is 23.6. The molecule has 1 saturated heterocycles. The lowest BCUT2D eigenvalue weighted by Gasteiger charge is -2.21. The fourth-order valence-electron chi connectivity index (χ4n) is 2.13. The van der Waals surface area contributed by atoms with E-state index in [1.54, 1.807) is 4.90 Å². The van der Waals surface area contributed by atoms with E-state index in [0.717, 1.165) is 5.56 Å². The minimum atomic E-state index is -0.529. The quantitative estimate of drug-likeness (QED) is 0.446. The Hall–Kier alpha value is -2.00. The van der Waals surface area contributed by atoms with E-state index in [1.165, 1.54) is 0 Å². The number of likely N-dealkylation sites (tertiary alicyclic amines) is 1. The van der Waals surface area contributed by atoms with Gasteiger partial charge in [0.25, 0.3) is 0 Å². The van der Waals surface area contributed by atoms with Crippen LogP contribution in [0.4, 0.5) is 0 Å². The molecule has 1 amide bonds. The standard InChI is InChI=1S/C12H14N4O/c1-9-7-11(14-15-13)12(17)16(9)8-10-5-3-2-4-6-10/h2-6,9,11H,7-8H2,1H3/t9-,11-/m1/s1. The molecule has 0 unspecified atom stereocenters. The molecule has 1 aromatic carbocycles. The van der Waals surface area contributed by atoms with Gasteiger partial charge in [-0.15, -0.1) is 0 Å². The SMILES string of the molecule is C[C@@H]1C[C@@H](N=[N+]=[N-])C(=O)N1Cc1ccccc1. The summed E-state index contributed by atoms with van der Waals surface area (Å²) in [5.74, 6) is -0.0702. The van der Waals surface area contributed by atoms with Crippen molar-refractivity contribution < 1.29 is 4.79 Å². The summed E-state index contributed by atoms with van der Waals surface area (Å²) in [5, 5.41) is 3.54. The van der Waals surface area contributed by atoms with Crippen molar-refractivity contribution in [3.05, 3.63) is 46.3 Å². The molecule has 5 nitrogen and oxygen atoms in total. The molecule has 0 saturated carbocycles. The van der Waals surface area contributed by atoms with E-state index in [2.05, 4.69) is 10.0 Å². The van der Waals surface area contributed by atoms with Crippen LogP contribution < -0.4 is 0 Å². The van der Waals surface area contributed by atoms with Crippen LogP contribution in [0.1, 0.15) is 18.9 Å². The Bertz CT molecular complexity index is 453. The van der Waals surface area contributed by atoms with Gasteiger partial charge in [-0.05, 0) is 24.4 Å². The molecular weight excluding hydrogens is 216 g/mol. The van der Waals surface area contributed by atoms with E-state index in [0.29, 0.717) is 13.0 Å². The Morgan fingerprint density at radius 2 is 2.18 bits per heavy atom. The first-order chi connectivity index (χ1) is 8.22. The topological polar surface area (TPSA) is 69.1 Å². The van der Waals surface area contributed by atoms with Crippen molar-refractivity contribution in [3.63, 3.8) is 0 Å². The largest absolute Gasteiger partial charge is 0.335 e. The highest BCUT2D eigenvalue weighted by Gasteiger charge is 2.36. The van der Waals surface area contributed by atoms with Gasteiger partial charge in [-0.2, -0.15) is 0 Å². The maximum atomic E-state index is 12.0. The summed E-state index contributed by atoms with van der Waals surface area (Å²) in [7, 11) is 0. The number of benzene rings is 1. The molecule has 0 spiro atoms. The van der Waals surface area contributed by atoms with Crippen molar-refractivity contribution in [2.45, 2.75) is 32.0 Å². The smallest absolute Gasteiger partial charge is 0.232 e. The molecule has 1 aliphatic rings. The first kappa shape index (κ1) is 11.5. The second kappa shape index (κ2) is 4.89. The van der Waals surface area contributed by atoms with E-state index >= 15 is 0 Å². The molecule has 0 bridgehead atoms. The summed E-state index contributed by atoms with van der Waals surface area (Å²) >= 11 is 0. The average molecular weight is 230 g/mol. The number of carbonyl (C=O) groups excluding carboxylic acids is 1. The third-order valence-corrected chi connectivity index (χ3v) is 3.05. The number of hydrogen-bond acceptors (Lipinski definition) is 2. The Morgan fingerprint density at radius 1 is 1.47 bits per heavy atom. The van der Waals surface area contributed by atoms with Crippen molar-refractivity contribution in [2.24, 2.45) is 5.11 Å². The highest BCUT2D eigenvalue weighted by Crippen LogP contribution is 2.23. The van der Waals surface area contributed by atoms with Crippen LogP contribution in [0.25, 0.3) is 10.4 Å². The summed E-state index contributed by atoms with van der Waals surface area (Å²) in [6.07, 6.45) is 0.607. The molecule has 1 aromatic rings. The van der Waals surface area contributed by atoms with Crippen LogP contribution in [-0.2, 0) is 11.3 Å². The third kappa shape index (κ3) is 2.40. The Balaban J connectivity index is 2.12. The number of nitrogens with zero attached hydrogens (tertiary/aromatic N) is 4. The van der Waals surface area contributed by atoms with Crippen molar-refractivity contribution in [3.8, 4) is 0 Å². The summed E-state index contributed by atoms with van der Waals surface area (Å²) in [5.41, 5.74) is 9.49. The van der Waals surface area contributed by atoms with E-state index in [9.17, 15) is 4.79 Å². The minimum absolute atomic E-state index is 0.0702. The van der Waals surface area contributed by atoms with Gasteiger partial charge in [-0.25, -0.2) is 0 Å². The zero-order valence-electron chi connectivity index (χ0n) is 9.65. The van der Waals surface area contributed by atoms with Gasteiger partial charge in [0, 0.05) is 17.5 Å². The van der Waals surface area contributed by atoms with E-state index < -0.39 is 6.04 Å². The average Bonchev–Trinajstić information content (AvgIpc) is 2.59. The van der Waals surface area contributed by atoms with Gasteiger partial charge in [0.05, 0.1) is 0 Å². The van der Waals surface area contributed by atoms with Gasteiger partial charge >= 0.3 is 0 Å². The first-order valence-electron chi connectivity index (χ1n) is 5.61. The fraction of sp³-hybridized carbons (Fsp3) is 0.417. The molecule has 17 heavy (non-hydrogen) atoms. The van der Waals surface area contributed by atoms with Gasteiger partial charge < -0.3 is 4.90 Å². The summed E-state index contributed by atoms with van der Waals surface area (Å²) < 4.78 is 0. The minimum Gasteiger partial charge on any atom is -0.335 e. The zero-order valence-corrected chi connectivity index (χ0v) is 9.65. The van der Waals surface area contributed by atoms with Crippen molar-refractivity contribution in [1.29, 1.82) is 0 Å². The summed E-state index contributed by atoms with van der Waals surface area (Å²) in [6, 6.07) is 9.41. The van der Waals surface area contributed by atoms with Crippen molar-refractivity contribution >= 4 is 5.91 Å². The lowest BCUT2D eigenvalue weighted by atomic mass is 10.2. The van der Waals surface area contributed by atoms with Gasteiger partial charge in [0.1, 0.15) is 6.04 Å². The second-order valence-corrected chi connectivity index (χ2v) is 4.26. The van der Waals surface area contributed by atoms with Crippen molar-refractivity contribution in [1.82, 2.24) is 4.90 Å². The van der Waals surface area contributed by atoms with Crippen LogP contribution in [-0.4, -0.2) is 22.9 Å². The van der Waals surface area contributed by atoms with E-state index in [4.69, 9.17) is 5.53 Å². The maximum Gasteiger partial charge on any atom is 0.232 e. The lowest BCUT2D eigenvalue weighted by Crippen LogP contribution is -2.32. The van der Waals surface area contributed by atoms with Crippen LogP contribution in [0, 0.1) is 0 Å². The predicted octanol–water partition coefficient (Wildman–Crippen LogP) is 2.49. The second-order valence-electron chi connectivity index (χ2n) is 4.26. The van der Waals surface area contributed by atoms with Crippen LogP contribution in [0.3, 0.4) is 0 Å². The number of carbonyl (C=O) groups is 1. The molecule has 1 fully saturated rings. The fourth-order valence-corrected chi connectivity index (χ4v) is 2.13. The number of rotatable bonds is 3. The molecule has 2 atom stereocenters. The van der Waals surface area contributed by atoms with E-state index in [1.807, 2.05) is 37.3 Å². The lowest BCUT2D eigenvalue weighted by molar-refractivity contribution is -0.130. The number of azide groups is 1. The predicted molar refractivity (Wildman–Crippen MR) is 64.0 cm³/mol. The molecule has 88 valence electrons. The molecule has 0 aliphatic carbocycles. The van der Waals surface area contributed by atoms with Gasteiger partial charge in [0.2, 0.25) is 5.91 Å². The Morgan fingerprint density at radius 3 is 2.82 bits per heavy atom. The molecule has 2 rings (SSSR count). The van der Waals surface area contributed by atoms with E-state index in [-0.39, 0.29) is 11.9 Å². The monoisotopic (exact) mass is 230 g/mol. The Kier molecular flexibility index (Phi) is 3.30. The molecule has 0 N–H and O–H groups in total.